The fourth-order valence-electron chi connectivity index (χ4n) is 1.26. The van der Waals surface area contributed by atoms with Crippen LogP contribution >= 0.6 is 23.2 Å². The number of esters is 1. The zero-order valence-electron chi connectivity index (χ0n) is 8.63. The molecule has 0 saturated carbocycles. The van der Waals surface area contributed by atoms with Crippen LogP contribution in [0.2, 0.25) is 5.02 Å². The molecule has 86 valence electrons. The first-order valence-corrected chi connectivity index (χ1v) is 5.43. The molecule has 5 heteroatoms. The second-order valence-corrected chi connectivity index (χ2v) is 3.89. The van der Waals surface area contributed by atoms with E-state index in [9.17, 15) is 9.59 Å². The van der Waals surface area contributed by atoms with Crippen LogP contribution in [0.5, 0.6) is 0 Å². The fourth-order valence-corrected chi connectivity index (χ4v) is 1.62. The molecular formula is C11H10Cl2O3. The topological polar surface area (TPSA) is 43.4 Å². The van der Waals surface area contributed by atoms with Crippen LogP contribution in [0.25, 0.3) is 0 Å². The highest BCUT2D eigenvalue weighted by molar-refractivity contribution is 6.31. The van der Waals surface area contributed by atoms with Crippen molar-refractivity contribution in [2.75, 3.05) is 13.0 Å². The Labute approximate surface area is 103 Å². The average Bonchev–Trinajstić information content (AvgIpc) is 2.27. The highest BCUT2D eigenvalue weighted by atomic mass is 35.5. The molecule has 0 amide bonds. The number of methoxy groups -OCH3 is 1. The molecule has 0 spiro atoms. The summed E-state index contributed by atoms with van der Waals surface area (Å²) in [6, 6.07) is 4.68. The van der Waals surface area contributed by atoms with E-state index < -0.39 is 5.97 Å². The number of rotatable bonds is 4. The van der Waals surface area contributed by atoms with Gasteiger partial charge in [0.05, 0.1) is 18.6 Å². The van der Waals surface area contributed by atoms with E-state index in [0.29, 0.717) is 16.1 Å². The zero-order chi connectivity index (χ0) is 12.1. The Bertz CT molecular complexity index is 416. The van der Waals surface area contributed by atoms with Crippen LogP contribution in [0.3, 0.4) is 0 Å². The van der Waals surface area contributed by atoms with Crippen molar-refractivity contribution >= 4 is 35.0 Å². The average molecular weight is 261 g/mol. The van der Waals surface area contributed by atoms with Gasteiger partial charge in [0.1, 0.15) is 0 Å². The predicted octanol–water partition coefficient (Wildman–Crippen LogP) is 2.48. The van der Waals surface area contributed by atoms with Gasteiger partial charge in [0.15, 0.2) is 5.78 Å². The molecule has 3 nitrogen and oxygen atoms in total. The van der Waals surface area contributed by atoms with Gasteiger partial charge < -0.3 is 4.74 Å². The van der Waals surface area contributed by atoms with E-state index in [-0.39, 0.29) is 18.1 Å². The Balaban J connectivity index is 2.98. The van der Waals surface area contributed by atoms with Gasteiger partial charge in [0, 0.05) is 11.4 Å². The maximum Gasteiger partial charge on any atom is 0.337 e. The molecule has 0 radical (unpaired) electrons. The van der Waals surface area contributed by atoms with E-state index >= 15 is 0 Å². The SMILES string of the molecule is COC(=O)c1cc(Cl)cc(CC(=O)CCl)c1. The number of carbonyl (C=O) groups is 2. The molecule has 16 heavy (non-hydrogen) atoms. The standard InChI is InChI=1S/C11H10Cl2O3/c1-16-11(15)8-2-7(3-9(13)5-8)4-10(14)6-12/h2-3,5H,4,6H2,1H3. The molecule has 1 aromatic rings. The van der Waals surface area contributed by atoms with Crippen molar-refractivity contribution in [3.05, 3.63) is 34.3 Å². The van der Waals surface area contributed by atoms with Crippen molar-refractivity contribution < 1.29 is 14.3 Å². The van der Waals surface area contributed by atoms with Crippen LogP contribution in [-0.4, -0.2) is 24.7 Å². The molecule has 1 aromatic carbocycles. The van der Waals surface area contributed by atoms with Gasteiger partial charge in [-0.2, -0.15) is 0 Å². The number of ketones is 1. The monoisotopic (exact) mass is 260 g/mol. The predicted molar refractivity (Wildman–Crippen MR) is 62.2 cm³/mol. The Morgan fingerprint density at radius 3 is 2.56 bits per heavy atom. The van der Waals surface area contributed by atoms with Gasteiger partial charge in [-0.1, -0.05) is 11.6 Å². The summed E-state index contributed by atoms with van der Waals surface area (Å²) < 4.78 is 4.57. The molecule has 0 aromatic heterocycles. The van der Waals surface area contributed by atoms with Crippen LogP contribution in [0.4, 0.5) is 0 Å². The maximum atomic E-state index is 11.3. The molecule has 0 aliphatic heterocycles. The summed E-state index contributed by atoms with van der Waals surface area (Å²) in [5, 5.41) is 0.389. The molecule has 0 bridgehead atoms. The second kappa shape index (κ2) is 5.87. The van der Waals surface area contributed by atoms with Crippen molar-refractivity contribution in [2.24, 2.45) is 0 Å². The molecular weight excluding hydrogens is 251 g/mol. The van der Waals surface area contributed by atoms with Gasteiger partial charge in [0.25, 0.3) is 0 Å². The van der Waals surface area contributed by atoms with Gasteiger partial charge >= 0.3 is 5.97 Å². The largest absolute Gasteiger partial charge is 0.465 e. The van der Waals surface area contributed by atoms with Crippen molar-refractivity contribution in [3.8, 4) is 0 Å². The summed E-state index contributed by atoms with van der Waals surface area (Å²) in [5.41, 5.74) is 0.978. The number of benzene rings is 1. The third-order valence-electron chi connectivity index (χ3n) is 1.93. The second-order valence-electron chi connectivity index (χ2n) is 3.19. The van der Waals surface area contributed by atoms with Crippen LogP contribution in [0, 0.1) is 0 Å². The van der Waals surface area contributed by atoms with Crippen molar-refractivity contribution in [2.45, 2.75) is 6.42 Å². The van der Waals surface area contributed by atoms with E-state index in [0.717, 1.165) is 0 Å². The van der Waals surface area contributed by atoms with E-state index in [2.05, 4.69) is 4.74 Å². The number of ether oxygens (including phenoxy) is 1. The quantitative estimate of drug-likeness (QED) is 0.617. The van der Waals surface area contributed by atoms with Crippen molar-refractivity contribution in [1.29, 1.82) is 0 Å². The lowest BCUT2D eigenvalue weighted by molar-refractivity contribution is -0.116. The van der Waals surface area contributed by atoms with Crippen LogP contribution in [-0.2, 0) is 16.0 Å². The fraction of sp³-hybridized carbons (Fsp3) is 0.273. The van der Waals surface area contributed by atoms with E-state index in [1.807, 2.05) is 0 Å². The van der Waals surface area contributed by atoms with Crippen molar-refractivity contribution in [1.82, 2.24) is 0 Å². The number of alkyl halides is 1. The molecule has 0 aliphatic carbocycles. The summed E-state index contributed by atoms with van der Waals surface area (Å²) in [7, 11) is 1.28. The number of hydrogen-bond donors (Lipinski definition) is 0. The highest BCUT2D eigenvalue weighted by Gasteiger charge is 2.10. The van der Waals surface area contributed by atoms with Crippen molar-refractivity contribution in [3.63, 3.8) is 0 Å². The lowest BCUT2D eigenvalue weighted by Crippen LogP contribution is -2.06. The van der Waals surface area contributed by atoms with Crippen LogP contribution in [0.1, 0.15) is 15.9 Å². The lowest BCUT2D eigenvalue weighted by atomic mass is 10.1. The molecule has 0 unspecified atom stereocenters. The molecule has 0 aliphatic rings. The number of Topliss-reactive ketones (excluding diaryl/α,β-unsaturated/α-hetero) is 1. The Morgan fingerprint density at radius 2 is 2.00 bits per heavy atom. The number of carbonyl (C=O) groups excluding carboxylic acids is 2. The van der Waals surface area contributed by atoms with Crippen LogP contribution in [0.15, 0.2) is 18.2 Å². The summed E-state index contributed by atoms with van der Waals surface area (Å²) >= 11 is 11.2. The minimum absolute atomic E-state index is 0.0555. The molecule has 0 N–H and O–H groups in total. The van der Waals surface area contributed by atoms with Gasteiger partial charge in [0.2, 0.25) is 0 Å². The first-order valence-electron chi connectivity index (χ1n) is 4.52. The summed E-state index contributed by atoms with van der Waals surface area (Å²) in [5.74, 6) is -0.665. The van der Waals surface area contributed by atoms with E-state index in [1.165, 1.54) is 13.2 Å². The number of halogens is 2. The molecule has 1 rings (SSSR count). The normalized spacial score (nSPS) is 9.94. The molecule has 0 heterocycles. The first kappa shape index (κ1) is 13.0. The third kappa shape index (κ3) is 3.51. The Kier molecular flexibility index (Phi) is 4.77. The minimum atomic E-state index is -0.484. The summed E-state index contributed by atoms with van der Waals surface area (Å²) in [6.07, 6.45) is 0.161. The Hall–Kier alpha value is -1.06. The van der Waals surface area contributed by atoms with E-state index in [1.54, 1.807) is 12.1 Å². The van der Waals surface area contributed by atoms with E-state index in [4.69, 9.17) is 23.2 Å². The number of hydrogen-bond acceptors (Lipinski definition) is 3. The lowest BCUT2D eigenvalue weighted by Gasteiger charge is -2.04. The zero-order valence-corrected chi connectivity index (χ0v) is 10.1. The highest BCUT2D eigenvalue weighted by Crippen LogP contribution is 2.16. The Morgan fingerprint density at radius 1 is 1.31 bits per heavy atom. The summed E-state index contributed by atoms with van der Waals surface area (Å²) in [6.45, 7) is 0. The minimum Gasteiger partial charge on any atom is -0.465 e. The molecule has 0 atom stereocenters. The van der Waals surface area contributed by atoms with Gasteiger partial charge in [-0.05, 0) is 23.8 Å². The molecule has 0 fully saturated rings. The van der Waals surface area contributed by atoms with Gasteiger partial charge in [-0.3, -0.25) is 4.79 Å². The van der Waals surface area contributed by atoms with Gasteiger partial charge in [-0.15, -0.1) is 11.6 Å². The third-order valence-corrected chi connectivity index (χ3v) is 2.45. The van der Waals surface area contributed by atoms with Gasteiger partial charge in [-0.25, -0.2) is 4.79 Å². The first-order chi connectivity index (χ1) is 7.56. The molecule has 0 saturated heterocycles. The maximum absolute atomic E-state index is 11.3. The van der Waals surface area contributed by atoms with Crippen LogP contribution < -0.4 is 0 Å². The summed E-state index contributed by atoms with van der Waals surface area (Å²) in [4.78, 5) is 22.4. The smallest absolute Gasteiger partial charge is 0.337 e.